The lowest BCUT2D eigenvalue weighted by Crippen LogP contribution is -2.37. The molecule has 3 nitrogen and oxygen atoms in total. The van der Waals surface area contributed by atoms with Crippen molar-refractivity contribution in [2.45, 2.75) is 71.5 Å². The maximum atomic E-state index is 4.61. The number of rotatable bonds is 6. The average molecular weight is 275 g/mol. The van der Waals surface area contributed by atoms with Gasteiger partial charge in [-0.1, -0.05) is 33.1 Å². The quantitative estimate of drug-likeness (QED) is 0.857. The minimum atomic E-state index is 0.521. The van der Waals surface area contributed by atoms with Gasteiger partial charge in [0, 0.05) is 31.4 Å². The summed E-state index contributed by atoms with van der Waals surface area (Å²) >= 11 is 0. The van der Waals surface area contributed by atoms with Crippen LogP contribution in [0.4, 0.5) is 5.82 Å². The number of nitrogens with zero attached hydrogens (tertiary/aromatic N) is 2. The van der Waals surface area contributed by atoms with Gasteiger partial charge in [-0.3, -0.25) is 0 Å². The molecule has 2 rings (SSSR count). The molecule has 0 aliphatic heterocycles. The molecule has 0 unspecified atom stereocenters. The van der Waals surface area contributed by atoms with Crippen LogP contribution in [0.5, 0.6) is 0 Å². The number of nitrogens with one attached hydrogen (secondary N) is 1. The summed E-state index contributed by atoms with van der Waals surface area (Å²) in [5, 5.41) is 3.48. The monoisotopic (exact) mass is 275 g/mol. The molecule has 1 aliphatic rings. The van der Waals surface area contributed by atoms with Crippen LogP contribution in [-0.4, -0.2) is 23.6 Å². The van der Waals surface area contributed by atoms with Crippen molar-refractivity contribution < 1.29 is 0 Å². The van der Waals surface area contributed by atoms with E-state index in [1.807, 2.05) is 6.20 Å². The molecule has 0 spiro atoms. The Balaban J connectivity index is 2.06. The lowest BCUT2D eigenvalue weighted by molar-refractivity contribution is 0.416. The molecule has 1 heterocycles. The van der Waals surface area contributed by atoms with Crippen LogP contribution >= 0.6 is 0 Å². The molecule has 0 saturated heterocycles. The van der Waals surface area contributed by atoms with E-state index in [1.165, 1.54) is 37.7 Å². The summed E-state index contributed by atoms with van der Waals surface area (Å²) < 4.78 is 0. The Hall–Kier alpha value is -1.09. The normalized spacial score (nSPS) is 16.6. The minimum absolute atomic E-state index is 0.521. The Morgan fingerprint density at radius 3 is 2.70 bits per heavy atom. The molecule has 20 heavy (non-hydrogen) atoms. The van der Waals surface area contributed by atoms with E-state index in [-0.39, 0.29) is 0 Å². The van der Waals surface area contributed by atoms with Crippen LogP contribution in [0.3, 0.4) is 0 Å². The number of anilines is 1. The van der Waals surface area contributed by atoms with Crippen LogP contribution in [-0.2, 0) is 6.54 Å². The van der Waals surface area contributed by atoms with Crippen LogP contribution in [0.25, 0.3) is 0 Å². The van der Waals surface area contributed by atoms with Gasteiger partial charge in [0.25, 0.3) is 0 Å². The van der Waals surface area contributed by atoms with Crippen molar-refractivity contribution in [1.29, 1.82) is 0 Å². The van der Waals surface area contributed by atoms with Crippen molar-refractivity contribution in [2.75, 3.05) is 11.4 Å². The summed E-state index contributed by atoms with van der Waals surface area (Å²) in [6.07, 6.45) is 8.75. The van der Waals surface area contributed by atoms with E-state index in [0.717, 1.165) is 18.9 Å². The van der Waals surface area contributed by atoms with Crippen LogP contribution in [0, 0.1) is 0 Å². The molecule has 1 aromatic rings. The number of hydrogen-bond acceptors (Lipinski definition) is 3. The third-order valence-electron chi connectivity index (χ3n) is 4.17. The van der Waals surface area contributed by atoms with Gasteiger partial charge in [0.2, 0.25) is 0 Å². The van der Waals surface area contributed by atoms with Gasteiger partial charge in [0.15, 0.2) is 0 Å². The van der Waals surface area contributed by atoms with Crippen molar-refractivity contribution in [1.82, 2.24) is 10.3 Å². The summed E-state index contributed by atoms with van der Waals surface area (Å²) in [5.41, 5.74) is 1.33. The highest BCUT2D eigenvalue weighted by Gasteiger charge is 2.21. The van der Waals surface area contributed by atoms with E-state index in [2.05, 4.69) is 48.1 Å². The number of aromatic nitrogens is 1. The topological polar surface area (TPSA) is 28.2 Å². The minimum Gasteiger partial charge on any atom is -0.354 e. The molecule has 1 aromatic heterocycles. The fraction of sp³-hybridized carbons (Fsp3) is 0.706. The maximum Gasteiger partial charge on any atom is 0.129 e. The molecule has 112 valence electrons. The zero-order chi connectivity index (χ0) is 14.4. The van der Waals surface area contributed by atoms with Gasteiger partial charge in [-0.05, 0) is 37.5 Å². The molecule has 0 aromatic carbocycles. The van der Waals surface area contributed by atoms with Crippen molar-refractivity contribution in [3.8, 4) is 0 Å². The third kappa shape index (κ3) is 4.20. The lowest BCUT2D eigenvalue weighted by atomic mass is 9.94. The van der Waals surface area contributed by atoms with Gasteiger partial charge in [-0.2, -0.15) is 0 Å². The van der Waals surface area contributed by atoms with E-state index in [9.17, 15) is 0 Å². The Morgan fingerprint density at radius 2 is 2.05 bits per heavy atom. The van der Waals surface area contributed by atoms with Gasteiger partial charge >= 0.3 is 0 Å². The molecule has 0 bridgehead atoms. The fourth-order valence-electron chi connectivity index (χ4n) is 3.05. The van der Waals surface area contributed by atoms with Crippen molar-refractivity contribution in [2.24, 2.45) is 0 Å². The Labute approximate surface area is 123 Å². The van der Waals surface area contributed by atoms with Crippen LogP contribution in [0.1, 0.15) is 58.4 Å². The molecular weight excluding hydrogens is 246 g/mol. The highest BCUT2D eigenvalue weighted by atomic mass is 15.2. The lowest BCUT2D eigenvalue weighted by Gasteiger charge is -2.34. The van der Waals surface area contributed by atoms with Crippen molar-refractivity contribution >= 4 is 5.82 Å². The second-order valence-corrected chi connectivity index (χ2v) is 6.14. The molecule has 0 atom stereocenters. The van der Waals surface area contributed by atoms with Gasteiger partial charge < -0.3 is 10.2 Å². The zero-order valence-electron chi connectivity index (χ0n) is 13.2. The molecule has 1 saturated carbocycles. The first-order chi connectivity index (χ1) is 9.70. The Bertz CT molecular complexity index is 397. The summed E-state index contributed by atoms with van der Waals surface area (Å²) in [4.78, 5) is 7.11. The molecule has 1 aliphatic carbocycles. The predicted octanol–water partition coefficient (Wildman–Crippen LogP) is 3.74. The maximum absolute atomic E-state index is 4.61. The summed E-state index contributed by atoms with van der Waals surface area (Å²) in [6.45, 7) is 8.59. The SMILES string of the molecule is CCN(c1cc(CNC(C)C)ccn1)C1CCCCC1. The second kappa shape index (κ2) is 7.63. The summed E-state index contributed by atoms with van der Waals surface area (Å²) in [6, 6.07) is 5.59. The van der Waals surface area contributed by atoms with E-state index < -0.39 is 0 Å². The molecule has 1 fully saturated rings. The Morgan fingerprint density at radius 1 is 1.30 bits per heavy atom. The highest BCUT2D eigenvalue weighted by Crippen LogP contribution is 2.26. The molecule has 1 N–H and O–H groups in total. The van der Waals surface area contributed by atoms with Crippen molar-refractivity contribution in [3.63, 3.8) is 0 Å². The first kappa shape index (κ1) is 15.3. The smallest absolute Gasteiger partial charge is 0.129 e. The predicted molar refractivity (Wildman–Crippen MR) is 86.1 cm³/mol. The first-order valence-electron chi connectivity index (χ1n) is 8.15. The van der Waals surface area contributed by atoms with Gasteiger partial charge in [0.05, 0.1) is 0 Å². The van der Waals surface area contributed by atoms with Gasteiger partial charge in [-0.25, -0.2) is 4.98 Å². The molecular formula is C17H29N3. The number of hydrogen-bond donors (Lipinski definition) is 1. The van der Waals surface area contributed by atoms with E-state index in [4.69, 9.17) is 0 Å². The van der Waals surface area contributed by atoms with Crippen LogP contribution in [0.15, 0.2) is 18.3 Å². The zero-order valence-corrected chi connectivity index (χ0v) is 13.2. The summed E-state index contributed by atoms with van der Waals surface area (Å²) in [5.74, 6) is 1.16. The molecule has 0 amide bonds. The Kier molecular flexibility index (Phi) is 5.84. The highest BCUT2D eigenvalue weighted by molar-refractivity contribution is 5.42. The van der Waals surface area contributed by atoms with E-state index in [0.29, 0.717) is 12.1 Å². The summed E-state index contributed by atoms with van der Waals surface area (Å²) in [7, 11) is 0. The standard InChI is InChI=1S/C17H29N3/c1-4-20(16-8-6-5-7-9-16)17-12-15(10-11-18-17)13-19-14(2)3/h10-12,14,16,19H,4-9,13H2,1-3H3. The molecule has 3 heteroatoms. The fourth-order valence-corrected chi connectivity index (χ4v) is 3.05. The molecule has 0 radical (unpaired) electrons. The van der Waals surface area contributed by atoms with E-state index >= 15 is 0 Å². The third-order valence-corrected chi connectivity index (χ3v) is 4.17. The second-order valence-electron chi connectivity index (χ2n) is 6.14. The van der Waals surface area contributed by atoms with Gasteiger partial charge in [-0.15, -0.1) is 0 Å². The van der Waals surface area contributed by atoms with E-state index in [1.54, 1.807) is 0 Å². The van der Waals surface area contributed by atoms with Crippen LogP contribution in [0.2, 0.25) is 0 Å². The first-order valence-corrected chi connectivity index (χ1v) is 8.15. The number of pyridine rings is 1. The van der Waals surface area contributed by atoms with Crippen molar-refractivity contribution in [3.05, 3.63) is 23.9 Å². The average Bonchev–Trinajstić information content (AvgIpc) is 2.47. The largest absolute Gasteiger partial charge is 0.354 e. The van der Waals surface area contributed by atoms with Gasteiger partial charge in [0.1, 0.15) is 5.82 Å². The van der Waals surface area contributed by atoms with Crippen LogP contribution < -0.4 is 10.2 Å².